The van der Waals surface area contributed by atoms with Crippen molar-refractivity contribution >= 4 is 29.8 Å². The molecule has 0 aliphatic heterocycles. The van der Waals surface area contributed by atoms with Crippen LogP contribution in [0.1, 0.15) is 27.2 Å². The lowest BCUT2D eigenvalue weighted by molar-refractivity contribution is 0.100. The molecule has 0 unspecified atom stereocenters. The smallest absolute Gasteiger partial charge is 0.423 e. The fraction of sp³-hybridized carbons (Fsp3) is 0.136. The van der Waals surface area contributed by atoms with Crippen LogP contribution in [0.5, 0.6) is 0 Å². The maximum absolute atomic E-state index is 11.8. The van der Waals surface area contributed by atoms with E-state index in [2.05, 4.69) is 15.3 Å². The summed E-state index contributed by atoms with van der Waals surface area (Å²) < 4.78 is 1.88. The number of carbonyl (C=O) groups is 1. The Kier molecular flexibility index (Phi) is 5.45. The number of nitrogens with two attached hydrogens (primary N) is 1. The van der Waals surface area contributed by atoms with Crippen molar-refractivity contribution in [2.75, 3.05) is 5.32 Å². The quantitative estimate of drug-likeness (QED) is 0.353. The zero-order valence-electron chi connectivity index (χ0n) is 17.2. The molecule has 3 aromatic heterocycles. The van der Waals surface area contributed by atoms with Crippen LogP contribution < -0.4 is 16.5 Å². The largest absolute Gasteiger partial charge is 0.488 e. The third-order valence-electron chi connectivity index (χ3n) is 5.06. The van der Waals surface area contributed by atoms with Crippen molar-refractivity contribution in [2.45, 2.75) is 20.4 Å². The second-order valence-electron chi connectivity index (χ2n) is 7.41. The predicted octanol–water partition coefficient (Wildman–Crippen LogP) is 1.40. The summed E-state index contributed by atoms with van der Waals surface area (Å²) >= 11 is 0. The van der Waals surface area contributed by atoms with Crippen LogP contribution in [0, 0.1) is 13.8 Å². The van der Waals surface area contributed by atoms with E-state index in [0.29, 0.717) is 34.7 Å². The molecule has 4 aromatic rings. The lowest BCUT2D eigenvalue weighted by Crippen LogP contribution is -2.30. The molecule has 0 aliphatic carbocycles. The monoisotopic (exact) mass is 415 g/mol. The predicted molar refractivity (Wildman–Crippen MR) is 120 cm³/mol. The highest BCUT2D eigenvalue weighted by molar-refractivity contribution is 6.58. The van der Waals surface area contributed by atoms with Crippen molar-refractivity contribution in [2.24, 2.45) is 5.73 Å². The number of pyridine rings is 1. The molecule has 1 amide bonds. The standard InChI is InChI=1S/C22H22BN5O3/c1-13-9-18-17(21(24)29)7-4-8-28(18)20(13)22-26-14(2)10-19(27-22)25-12-15-5-3-6-16(11-15)23(30)31/h3-11,30-31H,12H2,1-2H3,(H2,24,29)(H,25,26,27). The van der Waals surface area contributed by atoms with Crippen molar-refractivity contribution in [3.8, 4) is 11.5 Å². The second kappa shape index (κ2) is 8.21. The minimum atomic E-state index is -1.51. The SMILES string of the molecule is Cc1cc(NCc2cccc(B(O)O)c2)nc(-c2c(C)cc3c(C(N)=O)cccn23)n1. The van der Waals surface area contributed by atoms with Crippen LogP contribution in [0.25, 0.3) is 17.0 Å². The van der Waals surface area contributed by atoms with Crippen LogP contribution in [0.3, 0.4) is 0 Å². The Morgan fingerprint density at radius 3 is 2.68 bits per heavy atom. The molecule has 5 N–H and O–H groups in total. The van der Waals surface area contributed by atoms with Crippen LogP contribution in [0.15, 0.2) is 54.7 Å². The van der Waals surface area contributed by atoms with Gasteiger partial charge in [-0.1, -0.05) is 24.3 Å². The minimum absolute atomic E-state index is 0.430. The van der Waals surface area contributed by atoms with Gasteiger partial charge in [0.15, 0.2) is 5.82 Å². The molecule has 1 aromatic carbocycles. The lowest BCUT2D eigenvalue weighted by Gasteiger charge is -2.11. The molecular formula is C22H22BN5O3. The van der Waals surface area contributed by atoms with E-state index in [4.69, 9.17) is 5.73 Å². The first-order valence-electron chi connectivity index (χ1n) is 9.79. The molecule has 0 radical (unpaired) electrons. The topological polar surface area (TPSA) is 126 Å². The first kappa shape index (κ1) is 20.6. The number of primary amides is 1. The average Bonchev–Trinajstić information content (AvgIpc) is 3.07. The Bertz CT molecular complexity index is 1290. The highest BCUT2D eigenvalue weighted by atomic mass is 16.4. The molecule has 0 saturated heterocycles. The van der Waals surface area contributed by atoms with E-state index in [1.165, 1.54) is 0 Å². The number of hydrogen-bond acceptors (Lipinski definition) is 6. The fourth-order valence-electron chi connectivity index (χ4n) is 3.64. The van der Waals surface area contributed by atoms with Gasteiger partial charge < -0.3 is 25.5 Å². The van der Waals surface area contributed by atoms with Crippen molar-refractivity contribution in [3.63, 3.8) is 0 Å². The van der Waals surface area contributed by atoms with Crippen LogP contribution in [-0.2, 0) is 6.54 Å². The summed E-state index contributed by atoms with van der Waals surface area (Å²) in [6.07, 6.45) is 1.86. The van der Waals surface area contributed by atoms with Gasteiger partial charge in [-0.25, -0.2) is 9.97 Å². The third kappa shape index (κ3) is 4.14. The van der Waals surface area contributed by atoms with Crippen molar-refractivity contribution < 1.29 is 14.8 Å². The van der Waals surface area contributed by atoms with E-state index in [-0.39, 0.29) is 0 Å². The number of aromatic nitrogens is 3. The van der Waals surface area contributed by atoms with E-state index in [9.17, 15) is 14.8 Å². The Hall–Kier alpha value is -3.69. The number of nitrogens with zero attached hydrogens (tertiary/aromatic N) is 3. The average molecular weight is 415 g/mol. The maximum atomic E-state index is 11.8. The lowest BCUT2D eigenvalue weighted by atomic mass is 9.80. The van der Waals surface area contributed by atoms with Gasteiger partial charge in [-0.2, -0.15) is 0 Å². The van der Waals surface area contributed by atoms with Gasteiger partial charge >= 0.3 is 7.12 Å². The third-order valence-corrected chi connectivity index (χ3v) is 5.06. The first-order chi connectivity index (χ1) is 14.8. The molecule has 3 heterocycles. The molecule has 0 aliphatic rings. The normalized spacial score (nSPS) is 11.0. The molecule has 0 atom stereocenters. The molecule has 0 fully saturated rings. The van der Waals surface area contributed by atoms with Crippen LogP contribution in [0.2, 0.25) is 0 Å². The van der Waals surface area contributed by atoms with E-state index in [0.717, 1.165) is 22.5 Å². The summed E-state index contributed by atoms with van der Waals surface area (Å²) in [5, 5.41) is 22.0. The molecule has 9 heteroatoms. The zero-order valence-corrected chi connectivity index (χ0v) is 17.2. The highest BCUT2D eigenvalue weighted by Gasteiger charge is 2.17. The molecule has 4 rings (SSSR count). The van der Waals surface area contributed by atoms with Gasteiger partial charge in [0.25, 0.3) is 5.91 Å². The van der Waals surface area contributed by atoms with Gasteiger partial charge in [-0.3, -0.25) is 4.79 Å². The van der Waals surface area contributed by atoms with Gasteiger partial charge in [0, 0.05) is 24.5 Å². The molecule has 31 heavy (non-hydrogen) atoms. The number of amides is 1. The first-order valence-corrected chi connectivity index (χ1v) is 9.79. The molecule has 0 spiro atoms. The number of fused-ring (bicyclic) bond motifs is 1. The van der Waals surface area contributed by atoms with Crippen LogP contribution in [0.4, 0.5) is 5.82 Å². The molecule has 156 valence electrons. The van der Waals surface area contributed by atoms with Gasteiger partial charge in [0.2, 0.25) is 0 Å². The van der Waals surface area contributed by atoms with Gasteiger partial charge in [-0.15, -0.1) is 0 Å². The maximum Gasteiger partial charge on any atom is 0.488 e. The summed E-state index contributed by atoms with van der Waals surface area (Å²) in [6.45, 7) is 4.28. The Morgan fingerprint density at radius 2 is 1.94 bits per heavy atom. The summed E-state index contributed by atoms with van der Waals surface area (Å²) in [5.74, 6) is 0.677. The molecule has 8 nitrogen and oxygen atoms in total. The highest BCUT2D eigenvalue weighted by Crippen LogP contribution is 2.27. The van der Waals surface area contributed by atoms with Crippen molar-refractivity contribution in [1.29, 1.82) is 0 Å². The Morgan fingerprint density at radius 1 is 1.13 bits per heavy atom. The van der Waals surface area contributed by atoms with Crippen LogP contribution in [-0.4, -0.2) is 37.4 Å². The van der Waals surface area contributed by atoms with Gasteiger partial charge in [0.1, 0.15) is 5.82 Å². The number of rotatable bonds is 6. The van der Waals surface area contributed by atoms with Crippen molar-refractivity contribution in [3.05, 3.63) is 77.1 Å². The number of carbonyl (C=O) groups excluding carboxylic acids is 1. The molecular weight excluding hydrogens is 393 g/mol. The van der Waals surface area contributed by atoms with E-state index < -0.39 is 13.0 Å². The summed E-state index contributed by atoms with van der Waals surface area (Å²) in [7, 11) is -1.51. The second-order valence-corrected chi connectivity index (χ2v) is 7.41. The number of aryl methyl sites for hydroxylation is 2. The number of anilines is 1. The van der Waals surface area contributed by atoms with E-state index in [1.54, 1.807) is 30.3 Å². The minimum Gasteiger partial charge on any atom is -0.423 e. The summed E-state index contributed by atoms with van der Waals surface area (Å²) in [6, 6.07) is 14.3. The van der Waals surface area contributed by atoms with Crippen LogP contribution >= 0.6 is 0 Å². The van der Waals surface area contributed by atoms with Crippen molar-refractivity contribution in [1.82, 2.24) is 14.4 Å². The number of hydrogen-bond donors (Lipinski definition) is 4. The Balaban J connectivity index is 1.69. The molecule has 0 bridgehead atoms. The molecule has 0 saturated carbocycles. The number of benzene rings is 1. The number of nitrogens with one attached hydrogen (secondary N) is 1. The summed E-state index contributed by atoms with van der Waals surface area (Å²) in [4.78, 5) is 21.1. The van der Waals surface area contributed by atoms with Gasteiger partial charge in [-0.05, 0) is 48.6 Å². The Labute approximate surface area is 179 Å². The summed E-state index contributed by atoms with van der Waals surface area (Å²) in [5.41, 5.74) is 10.5. The van der Waals surface area contributed by atoms with E-state index >= 15 is 0 Å². The van der Waals surface area contributed by atoms with Gasteiger partial charge in [0.05, 0.1) is 16.8 Å². The van der Waals surface area contributed by atoms with E-state index in [1.807, 2.05) is 42.6 Å². The fourth-order valence-corrected chi connectivity index (χ4v) is 3.64. The zero-order chi connectivity index (χ0) is 22.1.